The van der Waals surface area contributed by atoms with E-state index < -0.39 is 12.1 Å². The summed E-state index contributed by atoms with van der Waals surface area (Å²) in [5.74, 6) is -0.843. The first-order valence-electron chi connectivity index (χ1n) is 9.21. The second-order valence-corrected chi connectivity index (χ2v) is 7.41. The lowest BCUT2D eigenvalue weighted by Crippen LogP contribution is -2.36. The van der Waals surface area contributed by atoms with E-state index in [4.69, 9.17) is 9.47 Å². The normalized spacial score (nSPS) is 15.0. The smallest absolute Gasteiger partial charge is 0.349 e. The van der Waals surface area contributed by atoms with Crippen molar-refractivity contribution in [1.29, 1.82) is 0 Å². The third-order valence-corrected chi connectivity index (χ3v) is 5.55. The predicted molar refractivity (Wildman–Crippen MR) is 111 cm³/mol. The average Bonchev–Trinajstić information content (AvgIpc) is 3.19. The van der Waals surface area contributed by atoms with E-state index in [9.17, 15) is 9.59 Å². The molecule has 0 unspecified atom stereocenters. The van der Waals surface area contributed by atoms with Crippen LogP contribution >= 0.6 is 11.3 Å². The Morgan fingerprint density at radius 1 is 1.32 bits per heavy atom. The maximum Gasteiger partial charge on any atom is 0.349 e. The van der Waals surface area contributed by atoms with Crippen LogP contribution in [0.15, 0.2) is 49.1 Å². The number of nitrogens with zero attached hydrogens (tertiary/aromatic N) is 1. The molecule has 1 atom stereocenters. The van der Waals surface area contributed by atoms with Crippen LogP contribution < -0.4 is 10.2 Å². The van der Waals surface area contributed by atoms with Crippen molar-refractivity contribution in [2.45, 2.75) is 13.0 Å². The number of esters is 1. The Bertz CT molecular complexity index is 828. The molecule has 0 saturated carbocycles. The SMILES string of the molecule is C=CCNC(=O)[C@@H](C)OC(=O)c1cc(-c2ccccc2)c(N2CCOCC2)s1. The van der Waals surface area contributed by atoms with Crippen LogP contribution in [0.1, 0.15) is 16.6 Å². The Balaban J connectivity index is 1.83. The summed E-state index contributed by atoms with van der Waals surface area (Å²) < 4.78 is 10.8. The van der Waals surface area contributed by atoms with Crippen LogP contribution in [0.2, 0.25) is 0 Å². The van der Waals surface area contributed by atoms with Crippen molar-refractivity contribution in [3.8, 4) is 11.1 Å². The summed E-state index contributed by atoms with van der Waals surface area (Å²) in [7, 11) is 0. The molecule has 1 N–H and O–H groups in total. The molecule has 0 aliphatic carbocycles. The van der Waals surface area contributed by atoms with Crippen LogP contribution in [0.25, 0.3) is 11.1 Å². The first-order chi connectivity index (χ1) is 13.6. The highest BCUT2D eigenvalue weighted by atomic mass is 32.1. The number of thiophene rings is 1. The summed E-state index contributed by atoms with van der Waals surface area (Å²) in [5.41, 5.74) is 2.03. The van der Waals surface area contributed by atoms with Gasteiger partial charge in [-0.05, 0) is 18.6 Å². The highest BCUT2D eigenvalue weighted by Crippen LogP contribution is 2.39. The molecule has 6 nitrogen and oxygen atoms in total. The Morgan fingerprint density at radius 2 is 2.04 bits per heavy atom. The summed E-state index contributed by atoms with van der Waals surface area (Å²) in [6.45, 7) is 8.31. The van der Waals surface area contributed by atoms with Gasteiger partial charge >= 0.3 is 5.97 Å². The number of anilines is 1. The molecule has 0 bridgehead atoms. The Morgan fingerprint density at radius 3 is 2.71 bits per heavy atom. The Labute approximate surface area is 168 Å². The lowest BCUT2D eigenvalue weighted by molar-refractivity contribution is -0.128. The first kappa shape index (κ1) is 20.1. The molecule has 0 radical (unpaired) electrons. The molecule has 1 aromatic carbocycles. The molecule has 0 spiro atoms. The van der Waals surface area contributed by atoms with Crippen molar-refractivity contribution in [1.82, 2.24) is 5.32 Å². The van der Waals surface area contributed by atoms with Crippen molar-refractivity contribution in [3.05, 3.63) is 53.9 Å². The van der Waals surface area contributed by atoms with Crippen molar-refractivity contribution in [2.24, 2.45) is 0 Å². The summed E-state index contributed by atoms with van der Waals surface area (Å²) in [4.78, 5) is 27.3. The number of morpholine rings is 1. The number of carbonyl (C=O) groups excluding carboxylic acids is 2. The van der Waals surface area contributed by atoms with Gasteiger partial charge in [0.15, 0.2) is 6.10 Å². The maximum atomic E-state index is 12.7. The zero-order chi connectivity index (χ0) is 19.9. The van der Waals surface area contributed by atoms with Crippen molar-refractivity contribution >= 4 is 28.2 Å². The number of nitrogens with one attached hydrogen (secondary N) is 1. The standard InChI is InChI=1S/C21H24N2O4S/c1-3-9-22-19(24)15(2)27-21(25)18-14-17(16-7-5-4-6-8-16)20(28-18)23-10-12-26-13-11-23/h3-8,14-15H,1,9-13H2,2H3,(H,22,24)/t15-/m1/s1. The van der Waals surface area contributed by atoms with E-state index in [0.717, 1.165) is 29.2 Å². The summed E-state index contributed by atoms with van der Waals surface area (Å²) in [5, 5.41) is 3.65. The van der Waals surface area contributed by atoms with Gasteiger partial charge in [0.05, 0.1) is 18.2 Å². The molecular weight excluding hydrogens is 376 g/mol. The molecule has 1 aromatic heterocycles. The van der Waals surface area contributed by atoms with Crippen LogP contribution in [-0.4, -0.2) is 50.8 Å². The zero-order valence-electron chi connectivity index (χ0n) is 15.8. The van der Waals surface area contributed by atoms with Crippen LogP contribution in [0, 0.1) is 0 Å². The number of ether oxygens (including phenoxy) is 2. The van der Waals surface area contributed by atoms with Gasteiger partial charge in [-0.3, -0.25) is 4.79 Å². The molecule has 1 aliphatic rings. The molecule has 1 aliphatic heterocycles. The Kier molecular flexibility index (Phi) is 6.84. The van der Waals surface area contributed by atoms with Gasteiger partial charge in [-0.2, -0.15) is 0 Å². The molecule has 1 saturated heterocycles. The Hall–Kier alpha value is -2.64. The van der Waals surface area contributed by atoms with Gasteiger partial charge in [0.25, 0.3) is 5.91 Å². The first-order valence-corrected chi connectivity index (χ1v) is 10.0. The van der Waals surface area contributed by atoms with Crippen LogP contribution in [0.4, 0.5) is 5.00 Å². The predicted octanol–water partition coefficient (Wildman–Crippen LogP) is 3.10. The summed E-state index contributed by atoms with van der Waals surface area (Å²) in [6, 6.07) is 11.8. The molecule has 7 heteroatoms. The molecule has 1 amide bonds. The molecular formula is C21H24N2O4S. The average molecular weight is 401 g/mol. The summed E-state index contributed by atoms with van der Waals surface area (Å²) in [6.07, 6.45) is 0.702. The van der Waals surface area contributed by atoms with Gasteiger partial charge in [-0.25, -0.2) is 4.79 Å². The minimum Gasteiger partial charge on any atom is -0.448 e. The lowest BCUT2D eigenvalue weighted by atomic mass is 10.1. The largest absolute Gasteiger partial charge is 0.448 e. The van der Waals surface area contributed by atoms with Gasteiger partial charge in [0.1, 0.15) is 4.88 Å². The van der Waals surface area contributed by atoms with E-state index in [-0.39, 0.29) is 5.91 Å². The third kappa shape index (κ3) is 4.79. The number of hydrogen-bond donors (Lipinski definition) is 1. The number of amides is 1. The van der Waals surface area contributed by atoms with E-state index in [1.54, 1.807) is 13.0 Å². The highest BCUT2D eigenvalue weighted by molar-refractivity contribution is 7.18. The van der Waals surface area contributed by atoms with Crippen LogP contribution in [0.5, 0.6) is 0 Å². The van der Waals surface area contributed by atoms with E-state index in [1.807, 2.05) is 36.4 Å². The van der Waals surface area contributed by atoms with Gasteiger partial charge in [-0.15, -0.1) is 17.9 Å². The molecule has 2 heterocycles. The summed E-state index contributed by atoms with van der Waals surface area (Å²) >= 11 is 1.39. The van der Waals surface area contributed by atoms with Crippen LogP contribution in [0.3, 0.4) is 0 Å². The van der Waals surface area contributed by atoms with Gasteiger partial charge in [-0.1, -0.05) is 36.4 Å². The number of rotatable bonds is 7. The monoisotopic (exact) mass is 400 g/mol. The molecule has 148 valence electrons. The van der Waals surface area contributed by atoms with Crippen LogP contribution in [-0.2, 0) is 14.3 Å². The minimum atomic E-state index is -0.874. The topological polar surface area (TPSA) is 67.9 Å². The van der Waals surface area contributed by atoms with E-state index in [2.05, 4.69) is 16.8 Å². The number of carbonyl (C=O) groups is 2. The quantitative estimate of drug-likeness (QED) is 0.571. The molecule has 1 fully saturated rings. The fraction of sp³-hybridized carbons (Fsp3) is 0.333. The third-order valence-electron chi connectivity index (χ3n) is 4.37. The van der Waals surface area contributed by atoms with Gasteiger partial charge in [0.2, 0.25) is 0 Å². The van der Waals surface area contributed by atoms with Crippen molar-refractivity contribution in [2.75, 3.05) is 37.7 Å². The fourth-order valence-corrected chi connectivity index (χ4v) is 4.01. The fourth-order valence-electron chi connectivity index (χ4n) is 2.90. The van der Waals surface area contributed by atoms with Crippen molar-refractivity contribution in [3.63, 3.8) is 0 Å². The molecule has 2 aromatic rings. The highest BCUT2D eigenvalue weighted by Gasteiger charge is 2.25. The molecule has 28 heavy (non-hydrogen) atoms. The van der Waals surface area contributed by atoms with Gasteiger partial charge < -0.3 is 19.7 Å². The number of benzene rings is 1. The van der Waals surface area contributed by atoms with Crippen molar-refractivity contribution < 1.29 is 19.1 Å². The zero-order valence-corrected chi connectivity index (χ0v) is 16.7. The van der Waals surface area contributed by atoms with E-state index in [0.29, 0.717) is 24.6 Å². The second-order valence-electron chi connectivity index (χ2n) is 6.38. The van der Waals surface area contributed by atoms with E-state index >= 15 is 0 Å². The van der Waals surface area contributed by atoms with Gasteiger partial charge in [0, 0.05) is 25.2 Å². The second kappa shape index (κ2) is 9.52. The van der Waals surface area contributed by atoms with E-state index in [1.165, 1.54) is 11.3 Å². The molecule has 3 rings (SSSR count). The maximum absolute atomic E-state index is 12.7. The number of hydrogen-bond acceptors (Lipinski definition) is 6. The minimum absolute atomic E-state index is 0.332. The lowest BCUT2D eigenvalue weighted by Gasteiger charge is -2.28.